The smallest absolute Gasteiger partial charge is 0.359 e. The standard InChI is InChI=1S/C39H55N5O3/c1-40(2)24-11-27-43(7)35-18-16-34(17-19-35)39(38(45)46-31-32-14-9-8-10-15-32)23-22-33-30-36(20-21-37(33)47-39)44(28-12-25-41(3)4)29-13-26-42(5)6/h8-10,14-23,30H,11-13,24-29,31H2,1-7H3. The average molecular weight is 642 g/mol. The maximum atomic E-state index is 14.0. The maximum Gasteiger partial charge on any atom is 0.359 e. The minimum atomic E-state index is -1.40. The molecule has 1 aliphatic rings. The molecule has 0 saturated carbocycles. The molecular formula is C39H55N5O3. The molecule has 0 amide bonds. The number of nitrogens with zero attached hydrogens (tertiary/aromatic N) is 5. The Morgan fingerprint density at radius 3 is 1.85 bits per heavy atom. The highest BCUT2D eigenvalue weighted by Crippen LogP contribution is 2.40. The van der Waals surface area contributed by atoms with Gasteiger partial charge in [0.1, 0.15) is 12.4 Å². The molecule has 1 unspecified atom stereocenters. The molecule has 0 spiro atoms. The minimum Gasteiger partial charge on any atom is -0.466 e. The molecule has 0 N–H and O–H groups in total. The van der Waals surface area contributed by atoms with Crippen LogP contribution in [0.2, 0.25) is 0 Å². The fourth-order valence-electron chi connectivity index (χ4n) is 5.83. The van der Waals surface area contributed by atoms with Gasteiger partial charge in [0, 0.05) is 49.2 Å². The predicted octanol–water partition coefficient (Wildman–Crippen LogP) is 5.83. The Bertz CT molecular complexity index is 1410. The van der Waals surface area contributed by atoms with Gasteiger partial charge in [0.15, 0.2) is 0 Å². The van der Waals surface area contributed by atoms with Crippen LogP contribution in [0.5, 0.6) is 5.75 Å². The van der Waals surface area contributed by atoms with Gasteiger partial charge in [0.25, 0.3) is 0 Å². The van der Waals surface area contributed by atoms with Gasteiger partial charge in [-0.15, -0.1) is 0 Å². The van der Waals surface area contributed by atoms with E-state index in [4.69, 9.17) is 9.47 Å². The summed E-state index contributed by atoms with van der Waals surface area (Å²) in [5.74, 6) is 0.229. The van der Waals surface area contributed by atoms with Gasteiger partial charge < -0.3 is 34.0 Å². The minimum absolute atomic E-state index is 0.173. The number of hydrogen-bond acceptors (Lipinski definition) is 8. The molecule has 0 aliphatic carbocycles. The van der Waals surface area contributed by atoms with Crippen molar-refractivity contribution in [2.75, 3.05) is 98.4 Å². The molecule has 0 fully saturated rings. The third-order valence-electron chi connectivity index (χ3n) is 8.55. The molecule has 1 atom stereocenters. The number of benzene rings is 3. The van der Waals surface area contributed by atoms with E-state index in [0.717, 1.165) is 86.6 Å². The summed E-state index contributed by atoms with van der Waals surface area (Å²) < 4.78 is 12.6. The van der Waals surface area contributed by atoms with Crippen LogP contribution in [0.25, 0.3) is 6.08 Å². The Hall–Kier alpha value is -3.85. The molecule has 4 rings (SSSR count). The number of hydrogen-bond donors (Lipinski definition) is 0. The van der Waals surface area contributed by atoms with Gasteiger partial charge in [-0.1, -0.05) is 48.5 Å². The summed E-state index contributed by atoms with van der Waals surface area (Å²) in [6, 6.07) is 24.2. The van der Waals surface area contributed by atoms with E-state index >= 15 is 0 Å². The molecule has 0 radical (unpaired) electrons. The normalized spacial score (nSPS) is 15.5. The Morgan fingerprint density at radius 1 is 0.681 bits per heavy atom. The molecular weight excluding hydrogens is 586 g/mol. The number of fused-ring (bicyclic) bond motifs is 1. The lowest BCUT2D eigenvalue weighted by atomic mass is 9.89. The Labute approximate surface area is 283 Å². The van der Waals surface area contributed by atoms with Crippen LogP contribution in [0, 0.1) is 0 Å². The monoisotopic (exact) mass is 641 g/mol. The van der Waals surface area contributed by atoms with Crippen molar-refractivity contribution in [3.63, 3.8) is 0 Å². The van der Waals surface area contributed by atoms with Crippen LogP contribution >= 0.6 is 0 Å². The Kier molecular flexibility index (Phi) is 13.3. The van der Waals surface area contributed by atoms with Gasteiger partial charge in [-0.05, 0) is 123 Å². The quantitative estimate of drug-likeness (QED) is 0.161. The average Bonchev–Trinajstić information content (AvgIpc) is 3.06. The molecule has 8 heteroatoms. The van der Waals surface area contributed by atoms with Crippen LogP contribution in [0.3, 0.4) is 0 Å². The summed E-state index contributed by atoms with van der Waals surface area (Å²) in [5.41, 5.74) is 3.48. The second kappa shape index (κ2) is 17.3. The van der Waals surface area contributed by atoms with E-state index in [2.05, 4.69) is 98.1 Å². The number of ether oxygens (including phenoxy) is 2. The van der Waals surface area contributed by atoms with Crippen LogP contribution in [-0.4, -0.2) is 109 Å². The number of carbonyl (C=O) groups is 1. The zero-order valence-electron chi connectivity index (χ0n) is 29.6. The maximum absolute atomic E-state index is 14.0. The third kappa shape index (κ3) is 10.3. The molecule has 47 heavy (non-hydrogen) atoms. The molecule has 1 heterocycles. The highest BCUT2D eigenvalue weighted by atomic mass is 16.6. The molecule has 0 aromatic heterocycles. The van der Waals surface area contributed by atoms with Gasteiger partial charge in [-0.2, -0.15) is 0 Å². The van der Waals surface area contributed by atoms with Crippen molar-refractivity contribution in [3.8, 4) is 5.75 Å². The van der Waals surface area contributed by atoms with E-state index in [1.54, 1.807) is 0 Å². The summed E-state index contributed by atoms with van der Waals surface area (Å²) in [5, 5.41) is 0. The van der Waals surface area contributed by atoms with Crippen molar-refractivity contribution >= 4 is 23.4 Å². The lowest BCUT2D eigenvalue weighted by Gasteiger charge is -2.34. The molecule has 3 aromatic rings. The third-order valence-corrected chi connectivity index (χ3v) is 8.55. The second-order valence-corrected chi connectivity index (χ2v) is 13.4. The molecule has 0 saturated heterocycles. The van der Waals surface area contributed by atoms with Gasteiger partial charge >= 0.3 is 5.97 Å². The van der Waals surface area contributed by atoms with E-state index in [1.807, 2.05) is 60.7 Å². The van der Waals surface area contributed by atoms with Gasteiger partial charge in [0.2, 0.25) is 5.60 Å². The molecule has 1 aliphatic heterocycles. The first-order valence-electron chi connectivity index (χ1n) is 16.8. The lowest BCUT2D eigenvalue weighted by molar-refractivity contribution is -0.160. The van der Waals surface area contributed by atoms with Gasteiger partial charge in [-0.3, -0.25) is 0 Å². The van der Waals surface area contributed by atoms with E-state index < -0.39 is 11.6 Å². The Balaban J connectivity index is 1.60. The van der Waals surface area contributed by atoms with Crippen LogP contribution in [-0.2, 0) is 21.7 Å². The summed E-state index contributed by atoms with van der Waals surface area (Å²) in [6.07, 6.45) is 7.11. The summed E-state index contributed by atoms with van der Waals surface area (Å²) >= 11 is 0. The predicted molar refractivity (Wildman–Crippen MR) is 195 cm³/mol. The second-order valence-electron chi connectivity index (χ2n) is 13.4. The number of esters is 1. The van der Waals surface area contributed by atoms with Crippen molar-refractivity contribution in [3.05, 3.63) is 95.6 Å². The Morgan fingerprint density at radius 2 is 1.26 bits per heavy atom. The van der Waals surface area contributed by atoms with Crippen molar-refractivity contribution < 1.29 is 14.3 Å². The summed E-state index contributed by atoms with van der Waals surface area (Å²) in [7, 11) is 14.8. The van der Waals surface area contributed by atoms with Crippen LogP contribution in [0.15, 0.2) is 78.9 Å². The van der Waals surface area contributed by atoms with Crippen molar-refractivity contribution in [2.24, 2.45) is 0 Å². The number of anilines is 2. The van der Waals surface area contributed by atoms with E-state index in [-0.39, 0.29) is 6.61 Å². The fourth-order valence-corrected chi connectivity index (χ4v) is 5.83. The van der Waals surface area contributed by atoms with Gasteiger partial charge in [-0.25, -0.2) is 4.79 Å². The van der Waals surface area contributed by atoms with Crippen molar-refractivity contribution in [2.45, 2.75) is 31.5 Å². The summed E-state index contributed by atoms with van der Waals surface area (Å²) in [6.45, 7) is 6.16. The van der Waals surface area contributed by atoms with Crippen LogP contribution in [0.1, 0.15) is 36.0 Å². The largest absolute Gasteiger partial charge is 0.466 e. The van der Waals surface area contributed by atoms with Crippen molar-refractivity contribution in [1.82, 2.24) is 14.7 Å². The SMILES string of the molecule is CN(C)CCCN(C)c1ccc(C2(C(=O)OCc3ccccc3)C=Cc3cc(N(CCCN(C)C)CCCN(C)C)ccc3O2)cc1. The number of carbonyl (C=O) groups excluding carboxylic acids is 1. The summed E-state index contributed by atoms with van der Waals surface area (Å²) in [4.78, 5) is 25.4. The number of rotatable bonds is 18. The zero-order chi connectivity index (χ0) is 33.8. The lowest BCUT2D eigenvalue weighted by Crippen LogP contribution is -2.42. The van der Waals surface area contributed by atoms with E-state index in [9.17, 15) is 4.79 Å². The van der Waals surface area contributed by atoms with E-state index in [1.165, 1.54) is 0 Å². The first kappa shape index (κ1) is 36.0. The van der Waals surface area contributed by atoms with Crippen molar-refractivity contribution in [1.29, 1.82) is 0 Å². The van der Waals surface area contributed by atoms with Crippen LogP contribution < -0.4 is 14.5 Å². The molecule has 0 bridgehead atoms. The topological polar surface area (TPSA) is 51.7 Å². The zero-order valence-corrected chi connectivity index (χ0v) is 29.6. The highest BCUT2D eigenvalue weighted by Gasteiger charge is 2.44. The van der Waals surface area contributed by atoms with Crippen LogP contribution in [0.4, 0.5) is 11.4 Å². The first-order valence-corrected chi connectivity index (χ1v) is 16.8. The molecule has 3 aromatic carbocycles. The van der Waals surface area contributed by atoms with Gasteiger partial charge in [0.05, 0.1) is 0 Å². The first-order chi connectivity index (χ1) is 22.6. The fraction of sp³-hybridized carbons (Fsp3) is 0.462. The highest BCUT2D eigenvalue weighted by molar-refractivity contribution is 5.88. The molecule has 8 nitrogen and oxygen atoms in total. The molecule has 254 valence electrons. The van der Waals surface area contributed by atoms with E-state index in [0.29, 0.717) is 5.75 Å².